The summed E-state index contributed by atoms with van der Waals surface area (Å²) in [5.41, 5.74) is 0.301. The standard InChI is InChI=1S/C15H8F4O/c1-2-10-7-8-11(13(16)9-10)12-5-3-4-6-14(12)20-15(17,18)19/h1,3-9H. The molecule has 0 radical (unpaired) electrons. The highest BCUT2D eigenvalue weighted by Gasteiger charge is 2.32. The summed E-state index contributed by atoms with van der Waals surface area (Å²) in [6.07, 6.45) is 0.289. The molecule has 0 N–H and O–H groups in total. The minimum atomic E-state index is -4.84. The normalized spacial score (nSPS) is 10.9. The van der Waals surface area contributed by atoms with Crippen LogP contribution in [-0.4, -0.2) is 6.36 Å². The van der Waals surface area contributed by atoms with Crippen LogP contribution in [-0.2, 0) is 0 Å². The van der Waals surface area contributed by atoms with Gasteiger partial charge in [-0.1, -0.05) is 30.2 Å². The largest absolute Gasteiger partial charge is 0.573 e. The zero-order valence-electron chi connectivity index (χ0n) is 10.0. The van der Waals surface area contributed by atoms with E-state index in [0.717, 1.165) is 12.1 Å². The van der Waals surface area contributed by atoms with Crippen LogP contribution < -0.4 is 4.74 Å². The van der Waals surface area contributed by atoms with Crippen molar-refractivity contribution in [1.82, 2.24) is 0 Å². The lowest BCUT2D eigenvalue weighted by atomic mass is 10.0. The van der Waals surface area contributed by atoms with E-state index >= 15 is 0 Å². The van der Waals surface area contributed by atoms with Gasteiger partial charge < -0.3 is 4.74 Å². The highest BCUT2D eigenvalue weighted by molar-refractivity contribution is 5.71. The van der Waals surface area contributed by atoms with Gasteiger partial charge in [0.2, 0.25) is 0 Å². The fraction of sp³-hybridized carbons (Fsp3) is 0.0667. The van der Waals surface area contributed by atoms with Crippen molar-refractivity contribution in [3.63, 3.8) is 0 Å². The summed E-state index contributed by atoms with van der Waals surface area (Å²) in [5, 5.41) is 0. The number of halogens is 4. The van der Waals surface area contributed by atoms with E-state index in [1.807, 2.05) is 0 Å². The van der Waals surface area contributed by atoms with Crippen LogP contribution in [0.4, 0.5) is 17.6 Å². The molecule has 0 aromatic heterocycles. The quantitative estimate of drug-likeness (QED) is 0.586. The average Bonchev–Trinajstić information content (AvgIpc) is 2.38. The molecule has 2 aromatic carbocycles. The number of hydrogen-bond acceptors (Lipinski definition) is 1. The molecule has 0 aliphatic rings. The molecule has 20 heavy (non-hydrogen) atoms. The van der Waals surface area contributed by atoms with Crippen LogP contribution in [0.2, 0.25) is 0 Å². The van der Waals surface area contributed by atoms with E-state index in [1.54, 1.807) is 0 Å². The number of hydrogen-bond donors (Lipinski definition) is 0. The number of para-hydroxylation sites is 1. The molecule has 0 aliphatic heterocycles. The van der Waals surface area contributed by atoms with Crippen LogP contribution in [0.3, 0.4) is 0 Å². The Morgan fingerprint density at radius 1 is 1.00 bits per heavy atom. The van der Waals surface area contributed by atoms with Gasteiger partial charge in [-0.3, -0.25) is 0 Å². The highest BCUT2D eigenvalue weighted by Crippen LogP contribution is 2.35. The van der Waals surface area contributed by atoms with Crippen LogP contribution in [0.25, 0.3) is 11.1 Å². The van der Waals surface area contributed by atoms with Gasteiger partial charge in [0.15, 0.2) is 0 Å². The van der Waals surface area contributed by atoms with Crippen molar-refractivity contribution in [3.8, 4) is 29.2 Å². The van der Waals surface area contributed by atoms with Crippen molar-refractivity contribution in [2.75, 3.05) is 0 Å². The molecule has 2 aromatic rings. The number of ether oxygens (including phenoxy) is 1. The third-order valence-electron chi connectivity index (χ3n) is 2.54. The Bertz CT molecular complexity index is 668. The molecule has 0 atom stereocenters. The van der Waals surface area contributed by atoms with Crippen LogP contribution in [0.1, 0.15) is 5.56 Å². The van der Waals surface area contributed by atoms with Crippen molar-refractivity contribution in [3.05, 3.63) is 53.8 Å². The summed E-state index contributed by atoms with van der Waals surface area (Å²) in [5.74, 6) is 1.07. The molecule has 102 valence electrons. The summed E-state index contributed by atoms with van der Waals surface area (Å²) in [6.45, 7) is 0. The van der Waals surface area contributed by atoms with Crippen molar-refractivity contribution in [1.29, 1.82) is 0 Å². The second kappa shape index (κ2) is 5.25. The molecule has 0 aliphatic carbocycles. The lowest BCUT2D eigenvalue weighted by Gasteiger charge is -2.13. The maximum Gasteiger partial charge on any atom is 0.573 e. The number of benzene rings is 2. The van der Waals surface area contributed by atoms with E-state index < -0.39 is 17.9 Å². The van der Waals surface area contributed by atoms with E-state index in [9.17, 15) is 17.6 Å². The Balaban J connectivity index is 2.51. The number of rotatable bonds is 2. The van der Waals surface area contributed by atoms with E-state index in [0.29, 0.717) is 5.56 Å². The van der Waals surface area contributed by atoms with Crippen LogP contribution >= 0.6 is 0 Å². The molecule has 0 amide bonds. The van der Waals surface area contributed by atoms with Gasteiger partial charge in [-0.2, -0.15) is 0 Å². The van der Waals surface area contributed by atoms with Crippen LogP contribution in [0, 0.1) is 18.2 Å². The molecule has 0 saturated carbocycles. The molecule has 1 nitrogen and oxygen atoms in total. The van der Waals surface area contributed by atoms with E-state index in [2.05, 4.69) is 10.7 Å². The molecule has 0 unspecified atom stereocenters. The lowest BCUT2D eigenvalue weighted by molar-refractivity contribution is -0.274. The average molecular weight is 280 g/mol. The maximum atomic E-state index is 13.9. The minimum absolute atomic E-state index is 0.00546. The molecule has 0 bridgehead atoms. The first kappa shape index (κ1) is 13.9. The molecule has 5 heteroatoms. The van der Waals surface area contributed by atoms with Gasteiger partial charge in [0.05, 0.1) is 0 Å². The fourth-order valence-electron chi connectivity index (χ4n) is 1.73. The first-order chi connectivity index (χ1) is 9.40. The second-order valence-corrected chi connectivity index (χ2v) is 3.88. The highest BCUT2D eigenvalue weighted by atomic mass is 19.4. The molecule has 0 spiro atoms. The second-order valence-electron chi connectivity index (χ2n) is 3.88. The maximum absolute atomic E-state index is 13.9. The Morgan fingerprint density at radius 3 is 2.30 bits per heavy atom. The predicted molar refractivity (Wildman–Crippen MR) is 66.5 cm³/mol. The Morgan fingerprint density at radius 2 is 1.70 bits per heavy atom. The fourth-order valence-corrected chi connectivity index (χ4v) is 1.73. The monoisotopic (exact) mass is 280 g/mol. The van der Waals surface area contributed by atoms with Gasteiger partial charge in [0.25, 0.3) is 0 Å². The zero-order chi connectivity index (χ0) is 14.8. The molecule has 0 fully saturated rings. The number of alkyl halides is 3. The van der Waals surface area contributed by atoms with E-state index in [-0.39, 0.29) is 11.1 Å². The van der Waals surface area contributed by atoms with Crippen molar-refractivity contribution < 1.29 is 22.3 Å². The molecular formula is C15H8F4O. The summed E-state index contributed by atoms with van der Waals surface area (Å²) in [6, 6.07) is 9.18. The smallest absolute Gasteiger partial charge is 0.405 e. The zero-order valence-corrected chi connectivity index (χ0v) is 10.0. The summed E-state index contributed by atoms with van der Waals surface area (Å²) in [4.78, 5) is 0. The Kier molecular flexibility index (Phi) is 3.66. The Hall–Kier alpha value is -2.48. The molecule has 2 rings (SSSR count). The van der Waals surface area contributed by atoms with Crippen molar-refractivity contribution in [2.45, 2.75) is 6.36 Å². The minimum Gasteiger partial charge on any atom is -0.405 e. The molecular weight excluding hydrogens is 272 g/mol. The first-order valence-electron chi connectivity index (χ1n) is 5.52. The Labute approximate surface area is 112 Å². The summed E-state index contributed by atoms with van der Waals surface area (Å²) >= 11 is 0. The SMILES string of the molecule is C#Cc1ccc(-c2ccccc2OC(F)(F)F)c(F)c1. The van der Waals surface area contributed by atoms with E-state index in [4.69, 9.17) is 6.42 Å². The lowest BCUT2D eigenvalue weighted by Crippen LogP contribution is -2.17. The van der Waals surface area contributed by atoms with Gasteiger partial charge in [-0.25, -0.2) is 4.39 Å². The summed E-state index contributed by atoms with van der Waals surface area (Å²) < 4.78 is 54.7. The van der Waals surface area contributed by atoms with Gasteiger partial charge in [0.1, 0.15) is 11.6 Å². The predicted octanol–water partition coefficient (Wildman–Crippen LogP) is 4.37. The molecule has 0 heterocycles. The number of terminal acetylenes is 1. The summed E-state index contributed by atoms with van der Waals surface area (Å²) in [7, 11) is 0. The topological polar surface area (TPSA) is 9.23 Å². The van der Waals surface area contributed by atoms with Gasteiger partial charge >= 0.3 is 6.36 Å². The van der Waals surface area contributed by atoms with Gasteiger partial charge in [0, 0.05) is 16.7 Å². The van der Waals surface area contributed by atoms with Gasteiger partial charge in [-0.05, 0) is 18.2 Å². The third kappa shape index (κ3) is 3.09. The van der Waals surface area contributed by atoms with Crippen molar-refractivity contribution in [2.24, 2.45) is 0 Å². The van der Waals surface area contributed by atoms with E-state index in [1.165, 1.54) is 30.3 Å². The van der Waals surface area contributed by atoms with Gasteiger partial charge in [-0.15, -0.1) is 19.6 Å². The first-order valence-corrected chi connectivity index (χ1v) is 5.52. The van der Waals surface area contributed by atoms with Crippen LogP contribution in [0.5, 0.6) is 5.75 Å². The van der Waals surface area contributed by atoms with Crippen molar-refractivity contribution >= 4 is 0 Å². The van der Waals surface area contributed by atoms with Crippen LogP contribution in [0.15, 0.2) is 42.5 Å². The molecule has 0 saturated heterocycles. The third-order valence-corrected chi connectivity index (χ3v) is 2.54.